The Hall–Kier alpha value is -2.78. The van der Waals surface area contributed by atoms with Gasteiger partial charge in [0.15, 0.2) is 0 Å². The highest BCUT2D eigenvalue weighted by molar-refractivity contribution is 6.34. The number of anilines is 1. The quantitative estimate of drug-likeness (QED) is 0.742. The highest BCUT2D eigenvalue weighted by atomic mass is 35.5. The summed E-state index contributed by atoms with van der Waals surface area (Å²) in [6.45, 7) is 4.09. The predicted octanol–water partition coefficient (Wildman–Crippen LogP) is 4.04. The van der Waals surface area contributed by atoms with E-state index in [-0.39, 0.29) is 5.56 Å². The predicted molar refractivity (Wildman–Crippen MR) is 106 cm³/mol. The molecule has 6 nitrogen and oxygen atoms in total. The minimum atomic E-state index is -4.63. The lowest BCUT2D eigenvalue weighted by atomic mass is 10.0. The molecular weight excluding hydrogens is 419 g/mol. The number of aromatic nitrogens is 1. The number of rotatable bonds is 2. The Labute approximate surface area is 176 Å². The highest BCUT2D eigenvalue weighted by Crippen LogP contribution is 2.37. The van der Waals surface area contributed by atoms with E-state index in [1.807, 2.05) is 31.0 Å². The molecule has 0 saturated heterocycles. The van der Waals surface area contributed by atoms with E-state index < -0.39 is 28.7 Å². The Kier molecular flexibility index (Phi) is 5.11. The Morgan fingerprint density at radius 2 is 2.03 bits per heavy atom. The Bertz CT molecular complexity index is 1020. The van der Waals surface area contributed by atoms with Crippen LogP contribution in [0.1, 0.15) is 34.8 Å². The van der Waals surface area contributed by atoms with Crippen LogP contribution in [0.25, 0.3) is 0 Å². The number of hydrogen-bond donors (Lipinski definition) is 2. The number of nitrogens with zero attached hydrogens (tertiary/aromatic N) is 3. The molecule has 1 atom stereocenters. The molecule has 158 valence electrons. The molecule has 1 aromatic carbocycles. The van der Waals surface area contributed by atoms with Crippen LogP contribution in [0, 0.1) is 6.92 Å². The minimum absolute atomic E-state index is 0.162. The maximum atomic E-state index is 13.2. The lowest BCUT2D eigenvalue weighted by Gasteiger charge is -2.35. The summed E-state index contributed by atoms with van der Waals surface area (Å²) in [6.07, 6.45) is -2.38. The summed E-state index contributed by atoms with van der Waals surface area (Å²) in [5, 5.41) is 1.23. The zero-order valence-electron chi connectivity index (χ0n) is 16.2. The van der Waals surface area contributed by atoms with E-state index in [0.717, 1.165) is 23.0 Å². The van der Waals surface area contributed by atoms with E-state index in [1.165, 1.54) is 17.0 Å². The van der Waals surface area contributed by atoms with Crippen molar-refractivity contribution in [3.63, 3.8) is 0 Å². The highest BCUT2D eigenvalue weighted by Gasteiger charge is 2.39. The van der Waals surface area contributed by atoms with Gasteiger partial charge < -0.3 is 10.3 Å². The van der Waals surface area contributed by atoms with Crippen LogP contribution >= 0.6 is 11.6 Å². The normalized spacial score (nSPS) is 19.1. The minimum Gasteiger partial charge on any atom is -0.330 e. The number of halogens is 4. The molecule has 0 radical (unpaired) electrons. The smallest absolute Gasteiger partial charge is 0.330 e. The molecule has 4 rings (SSSR count). The van der Waals surface area contributed by atoms with Crippen molar-refractivity contribution in [1.82, 2.24) is 20.8 Å². The average Bonchev–Trinajstić information content (AvgIpc) is 3.13. The Morgan fingerprint density at radius 1 is 1.27 bits per heavy atom. The maximum Gasteiger partial charge on any atom is 0.417 e. The average molecular weight is 438 g/mol. The van der Waals surface area contributed by atoms with Gasteiger partial charge in [0, 0.05) is 19.2 Å². The fourth-order valence-electron chi connectivity index (χ4n) is 3.68. The number of amides is 1. The first-order valence-corrected chi connectivity index (χ1v) is 9.70. The lowest BCUT2D eigenvalue weighted by molar-refractivity contribution is -0.137. The van der Waals surface area contributed by atoms with Gasteiger partial charge in [0.2, 0.25) is 0 Å². The molecule has 10 heteroatoms. The summed E-state index contributed by atoms with van der Waals surface area (Å²) in [7, 11) is 0. The largest absolute Gasteiger partial charge is 0.417 e. The maximum absolute atomic E-state index is 13.2. The Balaban J connectivity index is 1.61. The first-order valence-electron chi connectivity index (χ1n) is 9.32. The second-order valence-electron chi connectivity index (χ2n) is 7.22. The summed E-state index contributed by atoms with van der Waals surface area (Å²) in [4.78, 5) is 19.0. The van der Waals surface area contributed by atoms with Crippen LogP contribution in [0.4, 0.5) is 19.0 Å². The monoisotopic (exact) mass is 437 g/mol. The molecule has 2 aliphatic rings. The first kappa shape index (κ1) is 20.5. The molecule has 0 bridgehead atoms. The SMILES string of the molecule is Cc1ccc(N2NNC3=C2CCN(C(=O)c2cccc(C(F)(F)F)c2Cl)[C@@H]3C)nc1. The van der Waals surface area contributed by atoms with Crippen molar-refractivity contribution in [2.24, 2.45) is 0 Å². The van der Waals surface area contributed by atoms with E-state index >= 15 is 0 Å². The molecule has 0 spiro atoms. The number of hydrogen-bond acceptors (Lipinski definition) is 5. The standard InChI is InChI=1S/C20H19ClF3N5O/c1-11-6-7-16(25-10-11)29-15-8-9-28(12(2)18(15)26-27-29)19(30)13-4-3-5-14(17(13)21)20(22,23)24/h3-7,10,12,26-27H,8-9H2,1-2H3/t12-/m1/s1. The zero-order chi connectivity index (χ0) is 21.6. The van der Waals surface area contributed by atoms with Gasteiger partial charge in [0.05, 0.1) is 33.6 Å². The number of benzene rings is 1. The van der Waals surface area contributed by atoms with E-state index in [1.54, 1.807) is 6.20 Å². The summed E-state index contributed by atoms with van der Waals surface area (Å²) in [6, 6.07) is 6.81. The third-order valence-corrected chi connectivity index (χ3v) is 5.69. The van der Waals surface area contributed by atoms with E-state index in [2.05, 4.69) is 15.9 Å². The Morgan fingerprint density at radius 3 is 2.70 bits per heavy atom. The second kappa shape index (κ2) is 7.48. The van der Waals surface area contributed by atoms with Gasteiger partial charge >= 0.3 is 6.18 Å². The molecule has 30 heavy (non-hydrogen) atoms. The summed E-state index contributed by atoms with van der Waals surface area (Å²) in [5.41, 5.74) is 7.65. The van der Waals surface area contributed by atoms with Crippen molar-refractivity contribution >= 4 is 23.3 Å². The van der Waals surface area contributed by atoms with E-state index in [9.17, 15) is 18.0 Å². The van der Waals surface area contributed by atoms with Gasteiger partial charge in [-0.3, -0.25) is 4.79 Å². The number of pyridine rings is 1. The summed E-state index contributed by atoms with van der Waals surface area (Å²) >= 11 is 5.96. The van der Waals surface area contributed by atoms with Gasteiger partial charge in [-0.15, -0.1) is 5.53 Å². The number of carbonyl (C=O) groups excluding carboxylic acids is 1. The van der Waals surface area contributed by atoms with Gasteiger partial charge in [-0.2, -0.15) is 13.2 Å². The van der Waals surface area contributed by atoms with E-state index in [0.29, 0.717) is 18.8 Å². The molecule has 2 aliphatic heterocycles. The van der Waals surface area contributed by atoms with Crippen molar-refractivity contribution in [2.45, 2.75) is 32.5 Å². The van der Waals surface area contributed by atoms with Crippen LogP contribution < -0.4 is 16.0 Å². The van der Waals surface area contributed by atoms with Crippen LogP contribution in [-0.2, 0) is 6.18 Å². The van der Waals surface area contributed by atoms with Crippen molar-refractivity contribution in [1.29, 1.82) is 0 Å². The van der Waals surface area contributed by atoms with Crippen molar-refractivity contribution in [2.75, 3.05) is 11.6 Å². The molecule has 0 aliphatic carbocycles. The number of hydrazine groups is 2. The summed E-state index contributed by atoms with van der Waals surface area (Å²) < 4.78 is 39.5. The van der Waals surface area contributed by atoms with Gasteiger partial charge in [-0.25, -0.2) is 9.99 Å². The molecule has 0 saturated carbocycles. The zero-order valence-corrected chi connectivity index (χ0v) is 17.0. The first-order chi connectivity index (χ1) is 14.2. The van der Waals surface area contributed by atoms with Crippen LogP contribution in [0.3, 0.4) is 0 Å². The van der Waals surface area contributed by atoms with Gasteiger partial charge in [0.1, 0.15) is 5.82 Å². The van der Waals surface area contributed by atoms with Crippen molar-refractivity contribution in [3.05, 3.63) is 69.6 Å². The molecular formula is C20H19ClF3N5O. The van der Waals surface area contributed by atoms with Crippen LogP contribution in [0.5, 0.6) is 0 Å². The van der Waals surface area contributed by atoms with Crippen molar-refractivity contribution < 1.29 is 18.0 Å². The molecule has 1 aromatic heterocycles. The van der Waals surface area contributed by atoms with Crippen LogP contribution in [0.15, 0.2) is 47.9 Å². The fraction of sp³-hybridized carbons (Fsp3) is 0.300. The van der Waals surface area contributed by atoms with Crippen LogP contribution in [0.2, 0.25) is 5.02 Å². The number of nitrogens with one attached hydrogen (secondary N) is 2. The molecule has 2 N–H and O–H groups in total. The molecule has 1 amide bonds. The van der Waals surface area contributed by atoms with E-state index in [4.69, 9.17) is 11.6 Å². The molecule has 3 heterocycles. The third kappa shape index (κ3) is 3.48. The van der Waals surface area contributed by atoms with Gasteiger partial charge in [-0.05, 0) is 37.6 Å². The van der Waals surface area contributed by atoms with Gasteiger partial charge in [-0.1, -0.05) is 23.7 Å². The molecule has 0 fully saturated rings. The number of alkyl halides is 3. The fourth-order valence-corrected chi connectivity index (χ4v) is 3.99. The summed E-state index contributed by atoms with van der Waals surface area (Å²) in [5.74, 6) is 0.157. The lowest BCUT2D eigenvalue weighted by Crippen LogP contribution is -2.46. The molecule has 0 unspecified atom stereocenters. The number of carbonyl (C=O) groups is 1. The third-order valence-electron chi connectivity index (χ3n) is 5.28. The topological polar surface area (TPSA) is 60.5 Å². The van der Waals surface area contributed by atoms with Crippen molar-refractivity contribution in [3.8, 4) is 0 Å². The van der Waals surface area contributed by atoms with Gasteiger partial charge in [0.25, 0.3) is 5.91 Å². The second-order valence-corrected chi connectivity index (χ2v) is 7.59. The number of aryl methyl sites for hydroxylation is 1. The van der Waals surface area contributed by atoms with Crippen LogP contribution in [-0.4, -0.2) is 28.4 Å². The molecule has 2 aromatic rings.